The highest BCUT2D eigenvalue weighted by atomic mass is 35.5. The van der Waals surface area contributed by atoms with Gasteiger partial charge < -0.3 is 4.84 Å². The predicted octanol–water partition coefficient (Wildman–Crippen LogP) is 4.72. The van der Waals surface area contributed by atoms with Crippen molar-refractivity contribution >= 4 is 46.5 Å². The number of rotatable bonds is 4. The van der Waals surface area contributed by atoms with Crippen LogP contribution in [-0.4, -0.2) is 17.2 Å². The fourth-order valence-corrected chi connectivity index (χ4v) is 3.59. The number of halogens is 1. The van der Waals surface area contributed by atoms with Crippen molar-refractivity contribution in [2.45, 2.75) is 0 Å². The smallest absolute Gasteiger partial charge is 0.313 e. The number of carbonyl (C=O) groups is 1. The molecule has 110 valence electrons. The minimum Gasteiger partial charge on any atom is -0.313 e. The number of carbonyl (C=O) groups excluding carboxylic acids is 1. The third kappa shape index (κ3) is 3.41. The van der Waals surface area contributed by atoms with Gasteiger partial charge in [0.15, 0.2) is 0 Å². The van der Waals surface area contributed by atoms with E-state index in [2.05, 4.69) is 16.2 Å². The van der Waals surface area contributed by atoms with Crippen molar-refractivity contribution in [2.75, 3.05) is 0 Å². The molecular formula is C15H9ClN2O2S2. The van der Waals surface area contributed by atoms with Crippen LogP contribution in [0.15, 0.2) is 53.1 Å². The van der Waals surface area contributed by atoms with Gasteiger partial charge in [-0.05, 0) is 35.7 Å². The maximum atomic E-state index is 11.8. The molecule has 0 aliphatic carbocycles. The summed E-state index contributed by atoms with van der Waals surface area (Å²) in [7, 11) is 0. The Morgan fingerprint density at radius 1 is 1.23 bits per heavy atom. The lowest BCUT2D eigenvalue weighted by molar-refractivity contribution is 0.0519. The number of aromatic nitrogens is 1. The molecule has 0 N–H and O–H groups in total. The summed E-state index contributed by atoms with van der Waals surface area (Å²) in [5.74, 6) is -0.635. The Morgan fingerprint density at radius 2 is 2.14 bits per heavy atom. The molecule has 0 aromatic carbocycles. The highest BCUT2D eigenvalue weighted by Gasteiger charge is 2.12. The second kappa shape index (κ2) is 6.83. The zero-order chi connectivity index (χ0) is 15.4. The van der Waals surface area contributed by atoms with Gasteiger partial charge in [-0.2, -0.15) is 0 Å². The first-order valence-corrected chi connectivity index (χ1v) is 8.30. The van der Waals surface area contributed by atoms with Gasteiger partial charge in [-0.3, -0.25) is 0 Å². The Morgan fingerprint density at radius 3 is 2.91 bits per heavy atom. The molecule has 4 nitrogen and oxygen atoms in total. The molecule has 0 amide bonds. The van der Waals surface area contributed by atoms with Gasteiger partial charge in [0, 0.05) is 20.8 Å². The van der Waals surface area contributed by atoms with E-state index in [-0.39, 0.29) is 10.7 Å². The fourth-order valence-electron chi connectivity index (χ4n) is 1.69. The van der Waals surface area contributed by atoms with Gasteiger partial charge in [0.2, 0.25) is 0 Å². The van der Waals surface area contributed by atoms with Crippen LogP contribution in [0.4, 0.5) is 0 Å². The molecule has 0 saturated carbocycles. The van der Waals surface area contributed by atoms with Crippen molar-refractivity contribution in [3.05, 3.63) is 63.6 Å². The number of thiophene rings is 2. The van der Waals surface area contributed by atoms with Crippen LogP contribution in [-0.2, 0) is 4.84 Å². The average Bonchev–Trinajstić information content (AvgIpc) is 3.18. The lowest BCUT2D eigenvalue weighted by Crippen LogP contribution is -2.02. The number of oxime groups is 1. The number of pyridine rings is 1. The van der Waals surface area contributed by atoms with Gasteiger partial charge in [-0.1, -0.05) is 22.8 Å². The molecule has 0 radical (unpaired) electrons. The molecule has 7 heteroatoms. The minimum absolute atomic E-state index is 0.0961. The predicted molar refractivity (Wildman–Crippen MR) is 89.9 cm³/mol. The molecule has 3 heterocycles. The standard InChI is InChI=1S/C15H9ClN2O2S2/c16-14-11(3-1-7-17-14)15(19)20-18-9-10-5-6-13(22-10)12-4-2-8-21-12/h1-9H. The van der Waals surface area contributed by atoms with Crippen molar-refractivity contribution in [3.8, 4) is 9.75 Å². The quantitative estimate of drug-likeness (QED) is 0.297. The zero-order valence-electron chi connectivity index (χ0n) is 11.1. The Bertz CT molecular complexity index is 813. The van der Waals surface area contributed by atoms with Crippen LogP contribution < -0.4 is 0 Å². The average molecular weight is 349 g/mol. The van der Waals surface area contributed by atoms with Gasteiger partial charge in [0.1, 0.15) is 5.15 Å². The first kappa shape index (κ1) is 14.9. The van der Waals surface area contributed by atoms with E-state index in [9.17, 15) is 4.79 Å². The molecule has 3 aromatic heterocycles. The second-order valence-electron chi connectivity index (χ2n) is 4.13. The van der Waals surface area contributed by atoms with Crippen LogP contribution in [0, 0.1) is 0 Å². The summed E-state index contributed by atoms with van der Waals surface area (Å²) < 4.78 is 0. The first-order valence-electron chi connectivity index (χ1n) is 6.23. The fraction of sp³-hybridized carbons (Fsp3) is 0. The number of hydrogen-bond donors (Lipinski definition) is 0. The van der Waals surface area contributed by atoms with Gasteiger partial charge in [0.05, 0.1) is 11.8 Å². The van der Waals surface area contributed by atoms with E-state index in [0.717, 1.165) is 9.75 Å². The number of nitrogens with zero attached hydrogens (tertiary/aromatic N) is 2. The molecule has 0 aliphatic rings. The molecule has 3 aromatic rings. The third-order valence-electron chi connectivity index (χ3n) is 2.69. The normalized spacial score (nSPS) is 11.0. The molecule has 0 aliphatic heterocycles. The molecule has 0 spiro atoms. The maximum absolute atomic E-state index is 11.8. The Balaban J connectivity index is 1.65. The van der Waals surface area contributed by atoms with Crippen molar-refractivity contribution in [1.82, 2.24) is 4.98 Å². The Hall–Kier alpha value is -2.02. The van der Waals surface area contributed by atoms with Crippen LogP contribution in [0.3, 0.4) is 0 Å². The van der Waals surface area contributed by atoms with Gasteiger partial charge in [-0.25, -0.2) is 9.78 Å². The van der Waals surface area contributed by atoms with Crippen LogP contribution in [0.25, 0.3) is 9.75 Å². The van der Waals surface area contributed by atoms with E-state index < -0.39 is 5.97 Å². The maximum Gasteiger partial charge on any atom is 0.368 e. The first-order chi connectivity index (χ1) is 10.7. The third-order valence-corrected chi connectivity index (χ3v) is 5.07. The largest absolute Gasteiger partial charge is 0.368 e. The monoisotopic (exact) mass is 348 g/mol. The van der Waals surface area contributed by atoms with Crippen LogP contribution in [0.5, 0.6) is 0 Å². The molecule has 0 saturated heterocycles. The van der Waals surface area contributed by atoms with Gasteiger partial charge >= 0.3 is 5.97 Å². The summed E-state index contributed by atoms with van der Waals surface area (Å²) in [6, 6.07) is 11.1. The van der Waals surface area contributed by atoms with E-state index >= 15 is 0 Å². The lowest BCUT2D eigenvalue weighted by atomic mass is 10.3. The van der Waals surface area contributed by atoms with Gasteiger partial charge in [-0.15, -0.1) is 22.7 Å². The summed E-state index contributed by atoms with van der Waals surface area (Å²) in [6.07, 6.45) is 3.00. The van der Waals surface area contributed by atoms with Crippen molar-refractivity contribution < 1.29 is 9.63 Å². The SMILES string of the molecule is O=C(ON=Cc1ccc(-c2cccs2)s1)c1cccnc1Cl. The topological polar surface area (TPSA) is 51.5 Å². The molecule has 0 bridgehead atoms. The molecule has 0 unspecified atom stereocenters. The zero-order valence-corrected chi connectivity index (χ0v) is 13.5. The van der Waals surface area contributed by atoms with Crippen molar-refractivity contribution in [1.29, 1.82) is 0 Å². The molecular weight excluding hydrogens is 340 g/mol. The minimum atomic E-state index is -0.635. The highest BCUT2D eigenvalue weighted by molar-refractivity contribution is 7.22. The summed E-state index contributed by atoms with van der Waals surface area (Å²) in [6.45, 7) is 0. The molecule has 0 fully saturated rings. The van der Waals surface area contributed by atoms with Gasteiger partial charge in [0.25, 0.3) is 0 Å². The second-order valence-corrected chi connectivity index (χ2v) is 6.56. The summed E-state index contributed by atoms with van der Waals surface area (Å²) >= 11 is 9.06. The molecule has 3 rings (SSSR count). The van der Waals surface area contributed by atoms with E-state index in [1.807, 2.05) is 23.6 Å². The summed E-state index contributed by atoms with van der Waals surface area (Å²) in [5, 5.41) is 5.83. The van der Waals surface area contributed by atoms with Crippen LogP contribution in [0.1, 0.15) is 15.2 Å². The van der Waals surface area contributed by atoms with E-state index in [0.29, 0.717) is 0 Å². The summed E-state index contributed by atoms with van der Waals surface area (Å²) in [5.41, 5.74) is 0.187. The van der Waals surface area contributed by atoms with Crippen molar-refractivity contribution in [3.63, 3.8) is 0 Å². The van der Waals surface area contributed by atoms with Crippen LogP contribution >= 0.6 is 34.3 Å². The highest BCUT2D eigenvalue weighted by Crippen LogP contribution is 2.30. The van der Waals surface area contributed by atoms with Crippen molar-refractivity contribution in [2.24, 2.45) is 5.16 Å². The number of hydrogen-bond acceptors (Lipinski definition) is 6. The molecule has 22 heavy (non-hydrogen) atoms. The lowest BCUT2D eigenvalue weighted by Gasteiger charge is -1.98. The van der Waals surface area contributed by atoms with Crippen LogP contribution in [0.2, 0.25) is 5.15 Å². The Kier molecular flexibility index (Phi) is 4.62. The molecule has 0 atom stereocenters. The summed E-state index contributed by atoms with van der Waals surface area (Å²) in [4.78, 5) is 23.7. The van der Waals surface area contributed by atoms with E-state index in [1.165, 1.54) is 23.4 Å². The van der Waals surface area contributed by atoms with E-state index in [4.69, 9.17) is 16.4 Å². The van der Waals surface area contributed by atoms with E-state index in [1.54, 1.807) is 28.7 Å². The Labute approximate surface area is 139 Å².